The molecular weight excluding hydrogens is 246 g/mol. The summed E-state index contributed by atoms with van der Waals surface area (Å²) >= 11 is 0. The van der Waals surface area contributed by atoms with E-state index in [2.05, 4.69) is 42.8 Å². The molecule has 0 aromatic carbocycles. The molecule has 0 aromatic rings. The Kier molecular flexibility index (Phi) is 8.74. The van der Waals surface area contributed by atoms with Gasteiger partial charge in [0.1, 0.15) is 0 Å². The maximum Gasteiger partial charge on any atom is 0.0126 e. The molecule has 1 aliphatic heterocycles. The minimum absolute atomic E-state index is 0.345. The number of nitrogens with one attached hydrogen (secondary N) is 1. The standard InChI is InChI=1S/C17H37N3/c1-5-10-18-11-8-6-7-9-12-19-13-15-20(16-14-19)17(2,3)4/h18H,5-16H2,1-4H3. The van der Waals surface area contributed by atoms with Crippen LogP contribution in [0.4, 0.5) is 0 Å². The molecule has 1 aliphatic rings. The third-order valence-electron chi connectivity index (χ3n) is 4.33. The van der Waals surface area contributed by atoms with Gasteiger partial charge in [-0.2, -0.15) is 0 Å². The summed E-state index contributed by atoms with van der Waals surface area (Å²) in [6.07, 6.45) is 6.76. The zero-order valence-corrected chi connectivity index (χ0v) is 14.4. The largest absolute Gasteiger partial charge is 0.317 e. The van der Waals surface area contributed by atoms with E-state index in [1.54, 1.807) is 0 Å². The van der Waals surface area contributed by atoms with Crippen LogP contribution in [0.25, 0.3) is 0 Å². The monoisotopic (exact) mass is 283 g/mol. The Balaban J connectivity index is 1.94. The first-order chi connectivity index (χ1) is 9.54. The molecule has 0 aromatic heterocycles. The van der Waals surface area contributed by atoms with E-state index >= 15 is 0 Å². The fourth-order valence-corrected chi connectivity index (χ4v) is 2.88. The molecule has 1 heterocycles. The zero-order chi connectivity index (χ0) is 14.8. The minimum Gasteiger partial charge on any atom is -0.317 e. The molecule has 120 valence electrons. The summed E-state index contributed by atoms with van der Waals surface area (Å²) in [5.41, 5.74) is 0.345. The van der Waals surface area contributed by atoms with Gasteiger partial charge in [-0.05, 0) is 59.7 Å². The molecule has 1 N–H and O–H groups in total. The summed E-state index contributed by atoms with van der Waals surface area (Å²) < 4.78 is 0. The number of rotatable bonds is 9. The number of hydrogen-bond acceptors (Lipinski definition) is 3. The van der Waals surface area contributed by atoms with Gasteiger partial charge in [-0.25, -0.2) is 0 Å². The van der Waals surface area contributed by atoms with Gasteiger partial charge in [0.05, 0.1) is 0 Å². The first kappa shape index (κ1) is 17.9. The van der Waals surface area contributed by atoms with Crippen LogP contribution >= 0.6 is 0 Å². The smallest absolute Gasteiger partial charge is 0.0126 e. The minimum atomic E-state index is 0.345. The van der Waals surface area contributed by atoms with Gasteiger partial charge >= 0.3 is 0 Å². The second-order valence-corrected chi connectivity index (χ2v) is 7.16. The Hall–Kier alpha value is -0.120. The summed E-state index contributed by atoms with van der Waals surface area (Å²) in [6, 6.07) is 0. The fraction of sp³-hybridized carbons (Fsp3) is 1.00. The molecule has 3 nitrogen and oxygen atoms in total. The van der Waals surface area contributed by atoms with E-state index in [9.17, 15) is 0 Å². The van der Waals surface area contributed by atoms with Gasteiger partial charge < -0.3 is 10.2 Å². The summed E-state index contributed by atoms with van der Waals surface area (Å²) in [5.74, 6) is 0. The second-order valence-electron chi connectivity index (χ2n) is 7.16. The normalized spacial score (nSPS) is 18.6. The quantitative estimate of drug-likeness (QED) is 0.656. The zero-order valence-electron chi connectivity index (χ0n) is 14.4. The van der Waals surface area contributed by atoms with Crippen molar-refractivity contribution in [3.05, 3.63) is 0 Å². The molecular formula is C17H37N3. The van der Waals surface area contributed by atoms with Gasteiger partial charge in [0.25, 0.3) is 0 Å². The first-order valence-electron chi connectivity index (χ1n) is 8.72. The molecule has 20 heavy (non-hydrogen) atoms. The second kappa shape index (κ2) is 9.75. The van der Waals surface area contributed by atoms with E-state index in [4.69, 9.17) is 0 Å². The van der Waals surface area contributed by atoms with Crippen molar-refractivity contribution in [1.29, 1.82) is 0 Å². The molecule has 3 heteroatoms. The molecule has 1 saturated heterocycles. The number of piperazine rings is 1. The highest BCUT2D eigenvalue weighted by Gasteiger charge is 2.25. The fourth-order valence-electron chi connectivity index (χ4n) is 2.88. The van der Waals surface area contributed by atoms with Crippen LogP contribution in [0.2, 0.25) is 0 Å². The van der Waals surface area contributed by atoms with E-state index in [1.165, 1.54) is 77.9 Å². The van der Waals surface area contributed by atoms with Crippen LogP contribution in [0.3, 0.4) is 0 Å². The Labute approximate surface area is 127 Å². The molecule has 0 bridgehead atoms. The average molecular weight is 284 g/mol. The van der Waals surface area contributed by atoms with Crippen molar-refractivity contribution >= 4 is 0 Å². The van der Waals surface area contributed by atoms with Crippen molar-refractivity contribution in [2.24, 2.45) is 0 Å². The van der Waals surface area contributed by atoms with Gasteiger partial charge in [-0.15, -0.1) is 0 Å². The van der Waals surface area contributed by atoms with E-state index in [0.29, 0.717) is 5.54 Å². The third kappa shape index (κ3) is 7.61. The Morgan fingerprint density at radius 2 is 1.50 bits per heavy atom. The molecule has 1 fully saturated rings. The SMILES string of the molecule is CCCNCCCCCCN1CCN(C(C)(C)C)CC1. The summed E-state index contributed by atoms with van der Waals surface area (Å²) in [6.45, 7) is 17.9. The third-order valence-corrected chi connectivity index (χ3v) is 4.33. The summed E-state index contributed by atoms with van der Waals surface area (Å²) in [7, 11) is 0. The maximum atomic E-state index is 3.48. The van der Waals surface area contributed by atoms with E-state index in [0.717, 1.165) is 0 Å². The van der Waals surface area contributed by atoms with Crippen molar-refractivity contribution in [1.82, 2.24) is 15.1 Å². The van der Waals surface area contributed by atoms with Crippen LogP contribution in [-0.4, -0.2) is 61.2 Å². The Bertz CT molecular complexity index is 227. The Morgan fingerprint density at radius 3 is 2.10 bits per heavy atom. The first-order valence-corrected chi connectivity index (χ1v) is 8.72. The lowest BCUT2D eigenvalue weighted by Gasteiger charge is -2.42. The maximum absolute atomic E-state index is 3.48. The number of nitrogens with zero attached hydrogens (tertiary/aromatic N) is 2. The van der Waals surface area contributed by atoms with Gasteiger partial charge in [-0.1, -0.05) is 19.8 Å². The van der Waals surface area contributed by atoms with Crippen LogP contribution in [-0.2, 0) is 0 Å². The van der Waals surface area contributed by atoms with Crippen LogP contribution in [0, 0.1) is 0 Å². The predicted octanol–water partition coefficient (Wildman–Crippen LogP) is 2.96. The van der Waals surface area contributed by atoms with Crippen molar-refractivity contribution in [2.75, 3.05) is 45.8 Å². The lowest BCUT2D eigenvalue weighted by molar-refractivity contribution is 0.0616. The van der Waals surface area contributed by atoms with E-state index in [-0.39, 0.29) is 0 Å². The van der Waals surface area contributed by atoms with Gasteiger partial charge in [0.2, 0.25) is 0 Å². The van der Waals surface area contributed by atoms with Gasteiger partial charge in [-0.3, -0.25) is 4.90 Å². The molecule has 0 saturated carbocycles. The van der Waals surface area contributed by atoms with Crippen molar-refractivity contribution in [2.45, 2.75) is 65.3 Å². The van der Waals surface area contributed by atoms with Crippen molar-refractivity contribution in [3.63, 3.8) is 0 Å². The highest BCUT2D eigenvalue weighted by atomic mass is 15.3. The van der Waals surface area contributed by atoms with Crippen molar-refractivity contribution in [3.8, 4) is 0 Å². The highest BCUT2D eigenvalue weighted by molar-refractivity contribution is 4.81. The van der Waals surface area contributed by atoms with Crippen LogP contribution < -0.4 is 5.32 Å². The van der Waals surface area contributed by atoms with E-state index in [1.807, 2.05) is 0 Å². The molecule has 0 atom stereocenters. The van der Waals surface area contributed by atoms with Crippen LogP contribution in [0.5, 0.6) is 0 Å². The summed E-state index contributed by atoms with van der Waals surface area (Å²) in [5, 5.41) is 3.48. The average Bonchev–Trinajstić information content (AvgIpc) is 2.41. The molecule has 0 aliphatic carbocycles. The Morgan fingerprint density at radius 1 is 0.850 bits per heavy atom. The molecule has 0 spiro atoms. The predicted molar refractivity (Wildman–Crippen MR) is 89.4 cm³/mol. The lowest BCUT2D eigenvalue weighted by Crippen LogP contribution is -2.53. The van der Waals surface area contributed by atoms with Gasteiger partial charge in [0, 0.05) is 31.7 Å². The molecule has 0 amide bonds. The van der Waals surface area contributed by atoms with Gasteiger partial charge in [0.15, 0.2) is 0 Å². The van der Waals surface area contributed by atoms with Crippen molar-refractivity contribution < 1.29 is 0 Å². The molecule has 1 rings (SSSR count). The van der Waals surface area contributed by atoms with Crippen LogP contribution in [0.1, 0.15) is 59.8 Å². The van der Waals surface area contributed by atoms with Crippen LogP contribution in [0.15, 0.2) is 0 Å². The molecule has 0 unspecified atom stereocenters. The molecule has 0 radical (unpaired) electrons. The highest BCUT2D eigenvalue weighted by Crippen LogP contribution is 2.16. The van der Waals surface area contributed by atoms with E-state index < -0.39 is 0 Å². The number of unbranched alkanes of at least 4 members (excludes halogenated alkanes) is 3. The topological polar surface area (TPSA) is 18.5 Å². The summed E-state index contributed by atoms with van der Waals surface area (Å²) in [4.78, 5) is 5.26. The number of hydrogen-bond donors (Lipinski definition) is 1. The lowest BCUT2D eigenvalue weighted by atomic mass is 10.0.